The molecule has 1 aromatic heterocycles. The molecule has 1 amide bonds. The summed E-state index contributed by atoms with van der Waals surface area (Å²) in [4.78, 5) is 14.3. The van der Waals surface area contributed by atoms with E-state index in [-0.39, 0.29) is 5.91 Å². The van der Waals surface area contributed by atoms with Gasteiger partial charge in [0.25, 0.3) is 0 Å². The van der Waals surface area contributed by atoms with Crippen LogP contribution in [0.5, 0.6) is 0 Å². The highest BCUT2D eigenvalue weighted by molar-refractivity contribution is 7.11. The lowest BCUT2D eigenvalue weighted by molar-refractivity contribution is -0.122. The molecule has 1 fully saturated rings. The molecule has 1 aliphatic rings. The number of piperidine rings is 1. The third-order valence-electron chi connectivity index (χ3n) is 3.19. The van der Waals surface area contributed by atoms with Crippen molar-refractivity contribution in [1.29, 1.82) is 0 Å². The molecule has 0 saturated carbocycles. The van der Waals surface area contributed by atoms with Crippen molar-refractivity contribution in [2.24, 2.45) is 5.92 Å². The van der Waals surface area contributed by atoms with Crippen LogP contribution in [0.3, 0.4) is 0 Å². The van der Waals surface area contributed by atoms with Gasteiger partial charge in [-0.2, -0.15) is 0 Å². The van der Waals surface area contributed by atoms with Crippen LogP contribution in [0.2, 0.25) is 0 Å². The molecule has 4 heteroatoms. The minimum Gasteiger partial charge on any atom is -0.351 e. The lowest BCUT2D eigenvalue weighted by Crippen LogP contribution is -2.32. The highest BCUT2D eigenvalue weighted by atomic mass is 32.1. The maximum Gasteiger partial charge on any atom is 0.220 e. The number of amides is 1. The second-order valence-electron chi connectivity index (χ2n) is 4.69. The summed E-state index contributed by atoms with van der Waals surface area (Å²) in [6.07, 6.45) is 2.95. The summed E-state index contributed by atoms with van der Waals surface area (Å²) < 4.78 is 0. The van der Waals surface area contributed by atoms with E-state index in [1.165, 1.54) is 9.75 Å². The minimum absolute atomic E-state index is 0.197. The zero-order valence-corrected chi connectivity index (χ0v) is 11.1. The Labute approximate surface area is 107 Å². The number of hydrogen-bond donors (Lipinski definition) is 2. The summed E-state index contributed by atoms with van der Waals surface area (Å²) >= 11 is 1.75. The fourth-order valence-corrected chi connectivity index (χ4v) is 3.02. The molecule has 0 radical (unpaired) electrons. The number of rotatable bonds is 4. The Balaban J connectivity index is 1.70. The van der Waals surface area contributed by atoms with E-state index >= 15 is 0 Å². The zero-order chi connectivity index (χ0) is 12.1. The fourth-order valence-electron chi connectivity index (χ4n) is 2.19. The largest absolute Gasteiger partial charge is 0.351 e. The molecule has 1 aliphatic heterocycles. The van der Waals surface area contributed by atoms with Gasteiger partial charge in [0.05, 0.1) is 6.54 Å². The van der Waals surface area contributed by atoms with Gasteiger partial charge < -0.3 is 10.6 Å². The molecule has 0 aromatic carbocycles. The van der Waals surface area contributed by atoms with Crippen LogP contribution in [0.25, 0.3) is 0 Å². The van der Waals surface area contributed by atoms with Gasteiger partial charge in [0.15, 0.2) is 0 Å². The maximum atomic E-state index is 11.8. The Morgan fingerprint density at radius 2 is 2.24 bits per heavy atom. The summed E-state index contributed by atoms with van der Waals surface area (Å²) in [5, 5.41) is 6.33. The van der Waals surface area contributed by atoms with E-state index in [1.54, 1.807) is 11.3 Å². The number of carbonyl (C=O) groups is 1. The smallest absolute Gasteiger partial charge is 0.220 e. The molecule has 1 aromatic rings. The molecule has 2 rings (SSSR count). The van der Waals surface area contributed by atoms with Crippen molar-refractivity contribution < 1.29 is 4.79 Å². The first-order valence-corrected chi connectivity index (χ1v) is 7.08. The average Bonchev–Trinajstić information content (AvgIpc) is 2.74. The molecule has 3 nitrogen and oxygen atoms in total. The third-order valence-corrected chi connectivity index (χ3v) is 4.19. The van der Waals surface area contributed by atoms with Gasteiger partial charge in [0.1, 0.15) is 0 Å². The van der Waals surface area contributed by atoms with Gasteiger partial charge in [-0.05, 0) is 50.9 Å². The zero-order valence-electron chi connectivity index (χ0n) is 10.3. The van der Waals surface area contributed by atoms with Gasteiger partial charge in [-0.1, -0.05) is 0 Å². The molecule has 2 N–H and O–H groups in total. The van der Waals surface area contributed by atoms with E-state index in [0.717, 1.165) is 25.9 Å². The number of thiophene rings is 1. The van der Waals surface area contributed by atoms with Crippen LogP contribution in [0.15, 0.2) is 12.1 Å². The SMILES string of the molecule is Cc1ccc(CNC(=O)CC2CCNCC2)s1. The van der Waals surface area contributed by atoms with Crippen LogP contribution in [0.4, 0.5) is 0 Å². The van der Waals surface area contributed by atoms with Crippen molar-refractivity contribution in [1.82, 2.24) is 10.6 Å². The molecule has 1 saturated heterocycles. The van der Waals surface area contributed by atoms with Crippen LogP contribution in [0.1, 0.15) is 29.0 Å². The number of aryl methyl sites for hydroxylation is 1. The van der Waals surface area contributed by atoms with E-state index in [2.05, 4.69) is 29.7 Å². The Morgan fingerprint density at radius 1 is 1.47 bits per heavy atom. The summed E-state index contributed by atoms with van der Waals surface area (Å²) in [7, 11) is 0. The van der Waals surface area contributed by atoms with Crippen LogP contribution >= 0.6 is 11.3 Å². The van der Waals surface area contributed by atoms with Gasteiger partial charge in [-0.25, -0.2) is 0 Å². The standard InChI is InChI=1S/C13H20N2OS/c1-10-2-3-12(17-10)9-15-13(16)8-11-4-6-14-7-5-11/h2-3,11,14H,4-9H2,1H3,(H,15,16). The third kappa shape index (κ3) is 4.13. The predicted octanol–water partition coefficient (Wildman–Crippen LogP) is 2.06. The van der Waals surface area contributed by atoms with Crippen molar-refractivity contribution in [3.05, 3.63) is 21.9 Å². The first kappa shape index (κ1) is 12.6. The van der Waals surface area contributed by atoms with Gasteiger partial charge in [0, 0.05) is 16.2 Å². The molecule has 17 heavy (non-hydrogen) atoms. The van der Waals surface area contributed by atoms with Crippen LogP contribution in [0, 0.1) is 12.8 Å². The maximum absolute atomic E-state index is 11.8. The van der Waals surface area contributed by atoms with Gasteiger partial charge >= 0.3 is 0 Å². The highest BCUT2D eigenvalue weighted by Crippen LogP contribution is 2.17. The van der Waals surface area contributed by atoms with E-state index in [9.17, 15) is 4.79 Å². The van der Waals surface area contributed by atoms with E-state index in [4.69, 9.17) is 0 Å². The summed E-state index contributed by atoms with van der Waals surface area (Å²) in [6, 6.07) is 4.18. The molecule has 0 bridgehead atoms. The average molecular weight is 252 g/mol. The lowest BCUT2D eigenvalue weighted by Gasteiger charge is -2.21. The van der Waals surface area contributed by atoms with Gasteiger partial charge in [-0.15, -0.1) is 11.3 Å². The van der Waals surface area contributed by atoms with Crippen molar-refractivity contribution in [3.63, 3.8) is 0 Å². The van der Waals surface area contributed by atoms with Crippen molar-refractivity contribution in [2.75, 3.05) is 13.1 Å². The Bertz CT molecular complexity index is 369. The van der Waals surface area contributed by atoms with E-state index in [1.807, 2.05) is 0 Å². The highest BCUT2D eigenvalue weighted by Gasteiger charge is 2.16. The van der Waals surface area contributed by atoms with Crippen LogP contribution in [-0.2, 0) is 11.3 Å². The lowest BCUT2D eigenvalue weighted by atomic mass is 9.94. The molecule has 2 heterocycles. The summed E-state index contributed by atoms with van der Waals surface area (Å²) in [5.74, 6) is 0.768. The van der Waals surface area contributed by atoms with Crippen LogP contribution < -0.4 is 10.6 Å². The summed E-state index contributed by atoms with van der Waals surface area (Å²) in [5.41, 5.74) is 0. The van der Waals surface area contributed by atoms with Crippen molar-refractivity contribution >= 4 is 17.2 Å². The molecule has 0 unspecified atom stereocenters. The summed E-state index contributed by atoms with van der Waals surface area (Å²) in [6.45, 7) is 4.89. The fraction of sp³-hybridized carbons (Fsp3) is 0.615. The quantitative estimate of drug-likeness (QED) is 0.861. The monoisotopic (exact) mass is 252 g/mol. The molecule has 0 spiro atoms. The topological polar surface area (TPSA) is 41.1 Å². The number of carbonyl (C=O) groups excluding carboxylic acids is 1. The Morgan fingerprint density at radius 3 is 2.88 bits per heavy atom. The minimum atomic E-state index is 0.197. The number of nitrogens with one attached hydrogen (secondary N) is 2. The van der Waals surface area contributed by atoms with Crippen molar-refractivity contribution in [2.45, 2.75) is 32.7 Å². The van der Waals surface area contributed by atoms with Gasteiger partial charge in [0.2, 0.25) is 5.91 Å². The molecule has 0 aliphatic carbocycles. The molecular formula is C13H20N2OS. The van der Waals surface area contributed by atoms with E-state index < -0.39 is 0 Å². The Kier molecular flexibility index (Phi) is 4.57. The first-order chi connectivity index (χ1) is 8.24. The second-order valence-corrected chi connectivity index (χ2v) is 6.06. The predicted molar refractivity (Wildman–Crippen MR) is 71.1 cm³/mol. The molecular weight excluding hydrogens is 232 g/mol. The van der Waals surface area contributed by atoms with Gasteiger partial charge in [-0.3, -0.25) is 4.79 Å². The molecule has 94 valence electrons. The van der Waals surface area contributed by atoms with Crippen LogP contribution in [-0.4, -0.2) is 19.0 Å². The normalized spacial score (nSPS) is 17.0. The molecule has 0 atom stereocenters. The second kappa shape index (κ2) is 6.17. The van der Waals surface area contributed by atoms with Crippen molar-refractivity contribution in [3.8, 4) is 0 Å². The van der Waals surface area contributed by atoms with E-state index in [0.29, 0.717) is 18.9 Å². The first-order valence-electron chi connectivity index (χ1n) is 6.27. The number of hydrogen-bond acceptors (Lipinski definition) is 3. The Hall–Kier alpha value is -0.870.